The highest BCUT2D eigenvalue weighted by Crippen LogP contribution is 2.65. The second kappa shape index (κ2) is 5.96. The van der Waals surface area contributed by atoms with E-state index in [4.69, 9.17) is 8.92 Å². The normalized spacial score (nSPS) is 41.4. The van der Waals surface area contributed by atoms with Gasteiger partial charge in [0.25, 0.3) is 0 Å². The number of hydrogen-bond acceptors (Lipinski definition) is 4. The molecule has 2 bridgehead atoms. The topological polar surface area (TPSA) is 55.9 Å². The van der Waals surface area contributed by atoms with Gasteiger partial charge in [-0.15, -0.1) is 0 Å². The minimum Gasteiger partial charge on any atom is -0.382 e. The van der Waals surface area contributed by atoms with Gasteiger partial charge >= 0.3 is 10.1 Å². The van der Waals surface area contributed by atoms with Crippen molar-refractivity contribution in [2.75, 3.05) is 0 Å². The highest BCUT2D eigenvalue weighted by Gasteiger charge is 2.67. The van der Waals surface area contributed by atoms with Crippen LogP contribution in [0.1, 0.15) is 57.4 Å². The lowest BCUT2D eigenvalue weighted by atomic mass is 9.71. The number of fused-ring (bicyclic) bond motifs is 8. The molecule has 0 amide bonds. The van der Waals surface area contributed by atoms with Crippen molar-refractivity contribution in [1.29, 1.82) is 0 Å². The first kappa shape index (κ1) is 17.1. The van der Waals surface area contributed by atoms with Crippen LogP contribution in [-0.4, -0.2) is 25.9 Å². The van der Waals surface area contributed by atoms with Crippen LogP contribution in [-0.2, 0) is 14.9 Å². The molecule has 1 heterocycles. The lowest BCUT2D eigenvalue weighted by molar-refractivity contribution is 0.177. The van der Waals surface area contributed by atoms with Gasteiger partial charge in [-0.1, -0.05) is 26.0 Å². The van der Waals surface area contributed by atoms with Crippen LogP contribution < -0.4 is 4.18 Å². The van der Waals surface area contributed by atoms with Gasteiger partial charge in [-0.25, -0.2) is 0 Å². The number of benzene rings is 1. The van der Waals surface area contributed by atoms with E-state index in [0.29, 0.717) is 47.5 Å². The number of rotatable bonds is 5. The van der Waals surface area contributed by atoms with Crippen LogP contribution >= 0.6 is 0 Å². The maximum Gasteiger partial charge on any atom is 0.312 e. The van der Waals surface area contributed by atoms with E-state index in [0.717, 1.165) is 25.7 Å². The molecule has 4 fully saturated rings. The fraction of sp³-hybridized carbons (Fsp3) is 0.714. The van der Waals surface area contributed by atoms with Crippen LogP contribution in [0.5, 0.6) is 5.75 Å². The Bertz CT molecular complexity index is 787. The van der Waals surface area contributed by atoms with Crippen LogP contribution in [0.4, 0.5) is 0 Å². The molecule has 3 aliphatic carbocycles. The monoisotopic (exact) mass is 376 g/mol. The Hall–Kier alpha value is -1.07. The van der Waals surface area contributed by atoms with Gasteiger partial charge in [0, 0.05) is 0 Å². The standard InChI is InChI=1S/C21H28O4S/c1-3-12(2)13-4-6-14(7-5-13)25-26(22,23)15-8-9-16-17(10-15)19-11-18(16)20-21(19)24-20/h4-7,12,15-21H,3,8-11H2,1-2H3. The molecule has 8 unspecified atom stereocenters. The molecule has 0 radical (unpaired) electrons. The maximum atomic E-state index is 12.9. The van der Waals surface area contributed by atoms with Crippen molar-refractivity contribution >= 4 is 10.1 Å². The predicted octanol–water partition coefficient (Wildman–Crippen LogP) is 4.11. The molecule has 0 spiro atoms. The van der Waals surface area contributed by atoms with Crippen LogP contribution in [0.25, 0.3) is 0 Å². The molecule has 5 heteroatoms. The van der Waals surface area contributed by atoms with Crippen molar-refractivity contribution in [2.24, 2.45) is 23.7 Å². The van der Waals surface area contributed by atoms with Crippen molar-refractivity contribution in [3.63, 3.8) is 0 Å². The molecule has 4 aliphatic rings. The Balaban J connectivity index is 1.27. The van der Waals surface area contributed by atoms with Gasteiger partial charge in [0.2, 0.25) is 0 Å². The molecule has 0 N–H and O–H groups in total. The molecular weight excluding hydrogens is 348 g/mol. The lowest BCUT2D eigenvalue weighted by Crippen LogP contribution is -2.39. The molecular formula is C21H28O4S. The van der Waals surface area contributed by atoms with E-state index in [2.05, 4.69) is 13.8 Å². The Morgan fingerprint density at radius 3 is 2.42 bits per heavy atom. The number of hydrogen-bond donors (Lipinski definition) is 0. The third-order valence-electron chi connectivity index (χ3n) is 7.64. The van der Waals surface area contributed by atoms with Gasteiger partial charge in [0.15, 0.2) is 0 Å². The minimum atomic E-state index is -3.58. The van der Waals surface area contributed by atoms with Crippen LogP contribution in [0.15, 0.2) is 24.3 Å². The zero-order valence-corrected chi connectivity index (χ0v) is 16.3. The molecule has 1 aromatic rings. The largest absolute Gasteiger partial charge is 0.382 e. The molecule has 4 nitrogen and oxygen atoms in total. The summed E-state index contributed by atoms with van der Waals surface area (Å²) in [6, 6.07) is 7.56. The molecule has 142 valence electrons. The zero-order chi connectivity index (χ0) is 18.1. The Kier molecular flexibility index (Phi) is 3.91. The second-order valence-electron chi connectivity index (χ2n) is 8.85. The summed E-state index contributed by atoms with van der Waals surface area (Å²) in [5, 5.41) is -0.366. The molecule has 1 aliphatic heterocycles. The highest BCUT2D eigenvalue weighted by molar-refractivity contribution is 7.87. The fourth-order valence-corrected chi connectivity index (χ4v) is 7.41. The molecule has 1 aromatic carbocycles. The van der Waals surface area contributed by atoms with E-state index >= 15 is 0 Å². The van der Waals surface area contributed by atoms with E-state index in [1.807, 2.05) is 12.1 Å². The SMILES string of the molecule is CCC(C)c1ccc(OS(=O)(=O)C2CCC3C(C2)C2CC3C3OC23)cc1. The van der Waals surface area contributed by atoms with E-state index < -0.39 is 10.1 Å². The first-order valence-corrected chi connectivity index (χ1v) is 11.6. The predicted molar refractivity (Wildman–Crippen MR) is 99.6 cm³/mol. The average molecular weight is 377 g/mol. The van der Waals surface area contributed by atoms with Gasteiger partial charge in [0.1, 0.15) is 5.75 Å². The summed E-state index contributed by atoms with van der Waals surface area (Å²) in [5.41, 5.74) is 1.22. The van der Waals surface area contributed by atoms with Gasteiger partial charge < -0.3 is 8.92 Å². The van der Waals surface area contributed by atoms with Gasteiger partial charge in [-0.2, -0.15) is 8.42 Å². The fourth-order valence-electron chi connectivity index (χ4n) is 6.01. The molecule has 26 heavy (non-hydrogen) atoms. The maximum absolute atomic E-state index is 12.9. The Morgan fingerprint density at radius 1 is 1.04 bits per heavy atom. The Morgan fingerprint density at radius 2 is 1.73 bits per heavy atom. The number of ether oxygens (including phenoxy) is 1. The average Bonchev–Trinajstić information content (AvgIpc) is 3.26. The quantitative estimate of drug-likeness (QED) is 0.573. The van der Waals surface area contributed by atoms with E-state index in [9.17, 15) is 8.42 Å². The minimum absolute atomic E-state index is 0.366. The summed E-state index contributed by atoms with van der Waals surface area (Å²) >= 11 is 0. The summed E-state index contributed by atoms with van der Waals surface area (Å²) in [4.78, 5) is 0. The summed E-state index contributed by atoms with van der Waals surface area (Å²) in [6.07, 6.45) is 5.78. The number of epoxide rings is 1. The van der Waals surface area contributed by atoms with E-state index in [-0.39, 0.29) is 5.25 Å². The zero-order valence-electron chi connectivity index (χ0n) is 15.5. The summed E-state index contributed by atoms with van der Waals surface area (Å²) < 4.78 is 37.1. The highest BCUT2D eigenvalue weighted by atomic mass is 32.2. The van der Waals surface area contributed by atoms with Gasteiger partial charge in [-0.05, 0) is 79.4 Å². The third kappa shape index (κ3) is 2.62. The van der Waals surface area contributed by atoms with Crippen molar-refractivity contribution < 1.29 is 17.3 Å². The first-order chi connectivity index (χ1) is 12.5. The van der Waals surface area contributed by atoms with Crippen molar-refractivity contribution in [3.8, 4) is 5.75 Å². The van der Waals surface area contributed by atoms with Gasteiger partial charge in [-0.3, -0.25) is 0 Å². The summed E-state index contributed by atoms with van der Waals surface area (Å²) in [7, 11) is -3.58. The third-order valence-corrected chi connectivity index (χ3v) is 9.31. The second-order valence-corrected chi connectivity index (χ2v) is 10.7. The van der Waals surface area contributed by atoms with Crippen molar-refractivity contribution in [1.82, 2.24) is 0 Å². The summed E-state index contributed by atoms with van der Waals surface area (Å²) in [6.45, 7) is 4.33. The lowest BCUT2D eigenvalue weighted by Gasteiger charge is -2.36. The van der Waals surface area contributed by atoms with E-state index in [1.165, 1.54) is 12.0 Å². The molecule has 5 rings (SSSR count). The van der Waals surface area contributed by atoms with Crippen LogP contribution in [0.3, 0.4) is 0 Å². The molecule has 8 atom stereocenters. The van der Waals surface area contributed by atoms with Crippen molar-refractivity contribution in [2.45, 2.75) is 69.3 Å². The molecule has 3 saturated carbocycles. The summed E-state index contributed by atoms with van der Waals surface area (Å²) in [5.74, 6) is 3.43. The van der Waals surface area contributed by atoms with Crippen molar-refractivity contribution in [3.05, 3.63) is 29.8 Å². The first-order valence-electron chi connectivity index (χ1n) is 10.2. The molecule has 1 saturated heterocycles. The van der Waals surface area contributed by atoms with Crippen LogP contribution in [0, 0.1) is 23.7 Å². The van der Waals surface area contributed by atoms with Crippen LogP contribution in [0.2, 0.25) is 0 Å². The molecule has 0 aromatic heterocycles. The Labute approximate surface area is 156 Å². The smallest absolute Gasteiger partial charge is 0.312 e. The van der Waals surface area contributed by atoms with E-state index in [1.54, 1.807) is 12.1 Å². The van der Waals surface area contributed by atoms with Gasteiger partial charge in [0.05, 0.1) is 17.5 Å².